The number of benzene rings is 3. The van der Waals surface area contributed by atoms with E-state index in [1.165, 1.54) is 24.3 Å². The second kappa shape index (κ2) is 8.90. The minimum atomic E-state index is -3.74. The number of anilines is 1. The maximum atomic E-state index is 12.6. The SMILES string of the molecule is Cc1ccc(C)c([C@@H](C)NC(=O)c2ccc(NS(=O)(=O)c3ccc(Cl)cc3)cc2)c1. The molecule has 3 rings (SSSR count). The van der Waals surface area contributed by atoms with Crippen LogP contribution in [-0.2, 0) is 10.0 Å². The van der Waals surface area contributed by atoms with Crippen LogP contribution in [0.15, 0.2) is 71.6 Å². The van der Waals surface area contributed by atoms with Crippen LogP contribution in [0.3, 0.4) is 0 Å². The first-order valence-corrected chi connectivity index (χ1v) is 11.3. The Balaban J connectivity index is 1.69. The van der Waals surface area contributed by atoms with Crippen molar-refractivity contribution in [2.45, 2.75) is 31.7 Å². The largest absolute Gasteiger partial charge is 0.346 e. The minimum absolute atomic E-state index is 0.107. The summed E-state index contributed by atoms with van der Waals surface area (Å²) in [6.45, 7) is 5.97. The zero-order chi connectivity index (χ0) is 21.9. The number of halogens is 1. The summed E-state index contributed by atoms with van der Waals surface area (Å²) in [5.41, 5.74) is 4.12. The Morgan fingerprint density at radius 2 is 1.57 bits per heavy atom. The Bertz CT molecular complexity index is 1160. The number of rotatable bonds is 6. The molecular formula is C23H23ClN2O3S. The summed E-state index contributed by atoms with van der Waals surface area (Å²) < 4.78 is 27.4. The van der Waals surface area contributed by atoms with Crippen molar-refractivity contribution >= 4 is 33.2 Å². The Kier molecular flexibility index (Phi) is 6.48. The van der Waals surface area contributed by atoms with Crippen LogP contribution in [0.25, 0.3) is 0 Å². The van der Waals surface area contributed by atoms with Crippen LogP contribution in [0, 0.1) is 13.8 Å². The number of nitrogens with one attached hydrogen (secondary N) is 2. The average Bonchev–Trinajstić information content (AvgIpc) is 2.70. The topological polar surface area (TPSA) is 75.3 Å². The molecule has 0 saturated heterocycles. The summed E-state index contributed by atoms with van der Waals surface area (Å²) in [5.74, 6) is -0.226. The first-order chi connectivity index (χ1) is 14.2. The zero-order valence-electron chi connectivity index (χ0n) is 16.9. The molecule has 0 fully saturated rings. The van der Waals surface area contributed by atoms with Crippen molar-refractivity contribution in [2.75, 3.05) is 4.72 Å². The van der Waals surface area contributed by atoms with Crippen molar-refractivity contribution in [3.8, 4) is 0 Å². The standard InChI is InChI=1S/C23H23ClN2O3S/c1-15-4-5-16(2)22(14-15)17(3)25-23(27)18-6-10-20(11-7-18)26-30(28,29)21-12-8-19(24)9-13-21/h4-14,17,26H,1-3H3,(H,25,27)/t17-/m1/s1. The van der Waals surface area contributed by atoms with Gasteiger partial charge in [0.2, 0.25) is 0 Å². The summed E-state index contributed by atoms with van der Waals surface area (Å²) >= 11 is 5.81. The molecule has 7 heteroatoms. The molecule has 0 radical (unpaired) electrons. The zero-order valence-corrected chi connectivity index (χ0v) is 18.5. The first kappa shape index (κ1) is 21.9. The van der Waals surface area contributed by atoms with Crippen molar-refractivity contribution in [2.24, 2.45) is 0 Å². The van der Waals surface area contributed by atoms with E-state index in [0.29, 0.717) is 16.3 Å². The molecule has 0 aliphatic rings. The summed E-state index contributed by atoms with van der Waals surface area (Å²) in [6, 6.07) is 18.2. The first-order valence-electron chi connectivity index (χ1n) is 9.42. The van der Waals surface area contributed by atoms with E-state index >= 15 is 0 Å². The third-order valence-electron chi connectivity index (χ3n) is 4.77. The summed E-state index contributed by atoms with van der Waals surface area (Å²) in [6.07, 6.45) is 0. The monoisotopic (exact) mass is 442 g/mol. The van der Waals surface area contributed by atoms with Crippen LogP contribution in [-0.4, -0.2) is 14.3 Å². The fraction of sp³-hybridized carbons (Fsp3) is 0.174. The van der Waals surface area contributed by atoms with E-state index in [-0.39, 0.29) is 16.8 Å². The van der Waals surface area contributed by atoms with Crippen molar-refractivity contribution in [1.29, 1.82) is 0 Å². The lowest BCUT2D eigenvalue weighted by Crippen LogP contribution is -2.27. The molecule has 156 valence electrons. The molecule has 0 unspecified atom stereocenters. The van der Waals surface area contributed by atoms with Crippen LogP contribution in [0.1, 0.15) is 40.0 Å². The van der Waals surface area contributed by atoms with Gasteiger partial charge in [-0.2, -0.15) is 0 Å². The molecule has 30 heavy (non-hydrogen) atoms. The van der Waals surface area contributed by atoms with E-state index in [4.69, 9.17) is 11.6 Å². The predicted molar refractivity (Wildman–Crippen MR) is 120 cm³/mol. The highest BCUT2D eigenvalue weighted by Gasteiger charge is 2.16. The normalized spacial score (nSPS) is 12.3. The lowest BCUT2D eigenvalue weighted by molar-refractivity contribution is 0.0940. The van der Waals surface area contributed by atoms with Crippen LogP contribution in [0.5, 0.6) is 0 Å². The quantitative estimate of drug-likeness (QED) is 0.547. The van der Waals surface area contributed by atoms with Gasteiger partial charge in [-0.05, 0) is 80.4 Å². The summed E-state index contributed by atoms with van der Waals surface area (Å²) in [4.78, 5) is 12.7. The van der Waals surface area contributed by atoms with Gasteiger partial charge in [-0.1, -0.05) is 35.4 Å². The van der Waals surface area contributed by atoms with Crippen LogP contribution < -0.4 is 10.0 Å². The minimum Gasteiger partial charge on any atom is -0.346 e. The van der Waals surface area contributed by atoms with Gasteiger partial charge in [0.1, 0.15) is 0 Å². The van der Waals surface area contributed by atoms with E-state index in [0.717, 1.165) is 16.7 Å². The number of amides is 1. The molecule has 5 nitrogen and oxygen atoms in total. The number of hydrogen-bond acceptors (Lipinski definition) is 3. The van der Waals surface area contributed by atoms with Gasteiger partial charge in [0.15, 0.2) is 0 Å². The van der Waals surface area contributed by atoms with Gasteiger partial charge in [0.05, 0.1) is 10.9 Å². The van der Waals surface area contributed by atoms with E-state index in [9.17, 15) is 13.2 Å². The molecule has 0 aliphatic carbocycles. The van der Waals surface area contributed by atoms with Crippen molar-refractivity contribution in [3.05, 3.63) is 94.0 Å². The molecule has 0 spiro atoms. The molecule has 0 aliphatic heterocycles. The third kappa shape index (κ3) is 5.20. The van der Waals surface area contributed by atoms with E-state index < -0.39 is 10.0 Å². The van der Waals surface area contributed by atoms with Gasteiger partial charge >= 0.3 is 0 Å². The summed E-state index contributed by atoms with van der Waals surface area (Å²) in [7, 11) is -3.74. The molecule has 1 atom stereocenters. The molecular weight excluding hydrogens is 420 g/mol. The highest BCUT2D eigenvalue weighted by Crippen LogP contribution is 2.21. The van der Waals surface area contributed by atoms with E-state index in [1.54, 1.807) is 24.3 Å². The van der Waals surface area contributed by atoms with E-state index in [1.807, 2.05) is 32.9 Å². The number of carbonyl (C=O) groups is 1. The second-order valence-electron chi connectivity index (χ2n) is 7.19. The summed E-state index contributed by atoms with van der Waals surface area (Å²) in [5, 5.41) is 3.45. The van der Waals surface area contributed by atoms with Gasteiger partial charge < -0.3 is 5.32 Å². The highest BCUT2D eigenvalue weighted by molar-refractivity contribution is 7.92. The molecule has 3 aromatic rings. The maximum absolute atomic E-state index is 12.6. The second-order valence-corrected chi connectivity index (χ2v) is 9.31. The third-order valence-corrected chi connectivity index (χ3v) is 6.42. The smallest absolute Gasteiger partial charge is 0.261 e. The van der Waals surface area contributed by atoms with Gasteiger partial charge in [-0.3, -0.25) is 9.52 Å². The molecule has 0 bridgehead atoms. The Morgan fingerprint density at radius 1 is 0.933 bits per heavy atom. The van der Waals surface area contributed by atoms with Gasteiger partial charge in [-0.15, -0.1) is 0 Å². The fourth-order valence-corrected chi connectivity index (χ4v) is 4.29. The van der Waals surface area contributed by atoms with E-state index in [2.05, 4.69) is 16.1 Å². The predicted octanol–water partition coefficient (Wildman–Crippen LogP) is 5.25. The number of sulfonamides is 1. The number of hydrogen-bond donors (Lipinski definition) is 2. The molecule has 3 aromatic carbocycles. The molecule has 0 saturated carbocycles. The van der Waals surface area contributed by atoms with Crippen LogP contribution in [0.4, 0.5) is 5.69 Å². The van der Waals surface area contributed by atoms with Crippen molar-refractivity contribution in [1.82, 2.24) is 5.32 Å². The van der Waals surface area contributed by atoms with Crippen molar-refractivity contribution in [3.63, 3.8) is 0 Å². The highest BCUT2D eigenvalue weighted by atomic mass is 35.5. The Labute approximate surface area is 182 Å². The molecule has 0 heterocycles. The Morgan fingerprint density at radius 3 is 2.20 bits per heavy atom. The van der Waals surface area contributed by atoms with Gasteiger partial charge in [0, 0.05) is 16.3 Å². The molecule has 0 aromatic heterocycles. The fourth-order valence-electron chi connectivity index (χ4n) is 3.10. The van der Waals surface area contributed by atoms with Gasteiger partial charge in [-0.25, -0.2) is 8.42 Å². The maximum Gasteiger partial charge on any atom is 0.261 e. The lowest BCUT2D eigenvalue weighted by atomic mass is 9.99. The van der Waals surface area contributed by atoms with Crippen molar-refractivity contribution < 1.29 is 13.2 Å². The number of carbonyl (C=O) groups excluding carboxylic acids is 1. The van der Waals surface area contributed by atoms with Crippen LogP contribution in [0.2, 0.25) is 5.02 Å². The lowest BCUT2D eigenvalue weighted by Gasteiger charge is -2.17. The van der Waals surface area contributed by atoms with Crippen LogP contribution >= 0.6 is 11.6 Å². The number of aryl methyl sites for hydroxylation is 2. The Hall–Kier alpha value is -2.83. The molecule has 1 amide bonds. The van der Waals surface area contributed by atoms with Gasteiger partial charge in [0.25, 0.3) is 15.9 Å². The molecule has 2 N–H and O–H groups in total. The average molecular weight is 443 g/mol.